The predicted molar refractivity (Wildman–Crippen MR) is 59.7 cm³/mol. The molecular weight excluding hydrogens is 244 g/mol. The molecule has 1 aromatic heterocycles. The molecule has 1 heterocycles. The fourth-order valence-corrected chi connectivity index (χ4v) is 1.87. The predicted octanol–water partition coefficient (Wildman–Crippen LogP) is 2.83. The number of halogens is 1. The summed E-state index contributed by atoms with van der Waals surface area (Å²) in [7, 11) is 1.64. The van der Waals surface area contributed by atoms with Crippen LogP contribution in [-0.4, -0.2) is 16.9 Å². The van der Waals surface area contributed by atoms with E-state index < -0.39 is 0 Å². The zero-order valence-corrected chi connectivity index (χ0v) is 9.71. The van der Waals surface area contributed by atoms with E-state index in [4.69, 9.17) is 4.74 Å². The summed E-state index contributed by atoms with van der Waals surface area (Å²) < 4.78 is 8.18. The van der Waals surface area contributed by atoms with Gasteiger partial charge in [0.25, 0.3) is 0 Å². The van der Waals surface area contributed by atoms with Crippen LogP contribution in [0.5, 0.6) is 5.88 Å². The minimum absolute atomic E-state index is 0.683. The zero-order chi connectivity index (χ0) is 10.1. The van der Waals surface area contributed by atoms with Crippen molar-refractivity contribution in [2.24, 2.45) is 0 Å². The van der Waals surface area contributed by atoms with Crippen molar-refractivity contribution in [1.29, 1.82) is 0 Å². The number of aryl methyl sites for hydroxylation is 1. The van der Waals surface area contributed by atoms with E-state index in [9.17, 15) is 0 Å². The maximum absolute atomic E-state index is 5.21. The lowest BCUT2D eigenvalue weighted by molar-refractivity contribution is 0.393. The highest BCUT2D eigenvalue weighted by Crippen LogP contribution is 2.27. The first kappa shape index (κ1) is 9.52. The van der Waals surface area contributed by atoms with E-state index in [-0.39, 0.29) is 0 Å². The lowest BCUT2D eigenvalue weighted by Gasteiger charge is -1.96. The van der Waals surface area contributed by atoms with Crippen LogP contribution in [0.25, 0.3) is 10.9 Å². The normalized spacial score (nSPS) is 10.8. The zero-order valence-electron chi connectivity index (χ0n) is 8.12. The molecule has 0 bridgehead atoms. The van der Waals surface area contributed by atoms with Gasteiger partial charge in [-0.05, 0) is 25.1 Å². The number of nitrogens with zero attached hydrogens (tertiary/aromatic N) is 2. The van der Waals surface area contributed by atoms with E-state index in [1.165, 1.54) is 0 Å². The quantitative estimate of drug-likeness (QED) is 0.825. The molecule has 74 valence electrons. The summed E-state index contributed by atoms with van der Waals surface area (Å²) in [5.74, 6) is 0.683. The van der Waals surface area contributed by atoms with Gasteiger partial charge in [0, 0.05) is 11.0 Å². The second-order valence-corrected chi connectivity index (χ2v) is 3.90. The third kappa shape index (κ3) is 1.39. The number of hydrogen-bond acceptors (Lipinski definition) is 2. The Labute approximate surface area is 90.8 Å². The van der Waals surface area contributed by atoms with E-state index >= 15 is 0 Å². The van der Waals surface area contributed by atoms with Crippen LogP contribution in [0, 0.1) is 0 Å². The van der Waals surface area contributed by atoms with E-state index in [2.05, 4.69) is 28.0 Å². The topological polar surface area (TPSA) is 27.1 Å². The summed E-state index contributed by atoms with van der Waals surface area (Å²) in [6, 6.07) is 6.07. The van der Waals surface area contributed by atoms with Gasteiger partial charge in [-0.25, -0.2) is 0 Å². The number of fused-ring (bicyclic) bond motifs is 1. The highest BCUT2D eigenvalue weighted by molar-refractivity contribution is 9.10. The van der Waals surface area contributed by atoms with Crippen LogP contribution in [0.3, 0.4) is 0 Å². The Hall–Kier alpha value is -1.03. The molecule has 1 aromatic carbocycles. The van der Waals surface area contributed by atoms with Gasteiger partial charge < -0.3 is 4.74 Å². The molecule has 14 heavy (non-hydrogen) atoms. The third-order valence-corrected chi connectivity index (χ3v) is 2.66. The molecule has 0 amide bonds. The second kappa shape index (κ2) is 3.61. The summed E-state index contributed by atoms with van der Waals surface area (Å²) in [6.45, 7) is 2.91. The van der Waals surface area contributed by atoms with Gasteiger partial charge >= 0.3 is 0 Å². The maximum Gasteiger partial charge on any atom is 0.240 e. The Bertz CT molecular complexity index is 464. The van der Waals surface area contributed by atoms with Crippen molar-refractivity contribution in [1.82, 2.24) is 9.78 Å². The minimum atomic E-state index is 0.683. The third-order valence-electron chi connectivity index (χ3n) is 2.17. The molecule has 3 nitrogen and oxygen atoms in total. The standard InChI is InChI=1S/C10H11BrN2O/c1-3-13-9-5-4-7(11)6-8(9)10(12-13)14-2/h4-6H,3H2,1-2H3. The molecular formula is C10H11BrN2O. The SMILES string of the molecule is CCn1nc(OC)c2cc(Br)ccc21. The van der Waals surface area contributed by atoms with Crippen molar-refractivity contribution in [3.05, 3.63) is 22.7 Å². The van der Waals surface area contributed by atoms with E-state index in [1.807, 2.05) is 22.9 Å². The van der Waals surface area contributed by atoms with E-state index in [1.54, 1.807) is 7.11 Å². The van der Waals surface area contributed by atoms with Crippen molar-refractivity contribution >= 4 is 26.8 Å². The molecule has 0 saturated heterocycles. The molecule has 2 rings (SSSR count). The number of aromatic nitrogens is 2. The number of hydrogen-bond donors (Lipinski definition) is 0. The summed E-state index contributed by atoms with van der Waals surface area (Å²) in [5.41, 5.74) is 1.10. The van der Waals surface area contributed by atoms with Crippen LogP contribution in [0.4, 0.5) is 0 Å². The largest absolute Gasteiger partial charge is 0.479 e. The van der Waals surface area contributed by atoms with Crippen LogP contribution >= 0.6 is 15.9 Å². The van der Waals surface area contributed by atoms with Crippen molar-refractivity contribution in [2.75, 3.05) is 7.11 Å². The Morgan fingerprint density at radius 3 is 2.93 bits per heavy atom. The van der Waals surface area contributed by atoms with Gasteiger partial charge in [-0.3, -0.25) is 4.68 Å². The van der Waals surface area contributed by atoms with Crippen molar-refractivity contribution < 1.29 is 4.74 Å². The summed E-state index contributed by atoms with van der Waals surface area (Å²) in [4.78, 5) is 0. The van der Waals surface area contributed by atoms with Gasteiger partial charge in [-0.1, -0.05) is 15.9 Å². The van der Waals surface area contributed by atoms with Gasteiger partial charge in [0.1, 0.15) is 0 Å². The van der Waals surface area contributed by atoms with Crippen LogP contribution < -0.4 is 4.74 Å². The number of methoxy groups -OCH3 is 1. The van der Waals surface area contributed by atoms with Gasteiger partial charge in [-0.15, -0.1) is 5.10 Å². The molecule has 0 atom stereocenters. The van der Waals surface area contributed by atoms with Gasteiger partial charge in [0.15, 0.2) is 0 Å². The Balaban J connectivity index is 2.75. The van der Waals surface area contributed by atoms with Crippen molar-refractivity contribution in [2.45, 2.75) is 13.5 Å². The molecule has 0 saturated carbocycles. The molecule has 0 radical (unpaired) electrons. The molecule has 0 fully saturated rings. The molecule has 0 spiro atoms. The molecule has 0 aliphatic rings. The highest BCUT2D eigenvalue weighted by Gasteiger charge is 2.09. The number of ether oxygens (including phenoxy) is 1. The summed E-state index contributed by atoms with van der Waals surface area (Å²) in [6.07, 6.45) is 0. The number of rotatable bonds is 2. The van der Waals surface area contributed by atoms with Gasteiger partial charge in [-0.2, -0.15) is 0 Å². The van der Waals surface area contributed by atoms with E-state index in [0.29, 0.717) is 5.88 Å². The molecule has 0 aliphatic heterocycles. The fourth-order valence-electron chi connectivity index (χ4n) is 1.51. The van der Waals surface area contributed by atoms with Crippen LogP contribution in [0.2, 0.25) is 0 Å². The highest BCUT2D eigenvalue weighted by atomic mass is 79.9. The van der Waals surface area contributed by atoms with Crippen molar-refractivity contribution in [3.63, 3.8) is 0 Å². The summed E-state index contributed by atoms with van der Waals surface area (Å²) >= 11 is 3.43. The minimum Gasteiger partial charge on any atom is -0.479 e. The molecule has 0 N–H and O–H groups in total. The lowest BCUT2D eigenvalue weighted by atomic mass is 10.2. The van der Waals surface area contributed by atoms with Crippen LogP contribution in [-0.2, 0) is 6.54 Å². The van der Waals surface area contributed by atoms with Gasteiger partial charge in [0.05, 0.1) is 18.0 Å². The number of benzene rings is 1. The second-order valence-electron chi connectivity index (χ2n) is 2.99. The molecule has 0 unspecified atom stereocenters. The van der Waals surface area contributed by atoms with Gasteiger partial charge in [0.2, 0.25) is 5.88 Å². The Kier molecular flexibility index (Phi) is 2.46. The average Bonchev–Trinajstić information content (AvgIpc) is 2.55. The summed E-state index contributed by atoms with van der Waals surface area (Å²) in [5, 5.41) is 5.39. The fraction of sp³-hybridized carbons (Fsp3) is 0.300. The smallest absolute Gasteiger partial charge is 0.240 e. The van der Waals surface area contributed by atoms with Crippen molar-refractivity contribution in [3.8, 4) is 5.88 Å². The first-order valence-electron chi connectivity index (χ1n) is 4.46. The average molecular weight is 255 g/mol. The van der Waals surface area contributed by atoms with Crippen LogP contribution in [0.15, 0.2) is 22.7 Å². The van der Waals surface area contributed by atoms with E-state index in [0.717, 1.165) is 21.9 Å². The first-order valence-corrected chi connectivity index (χ1v) is 5.25. The Morgan fingerprint density at radius 2 is 2.29 bits per heavy atom. The Morgan fingerprint density at radius 1 is 1.50 bits per heavy atom. The molecule has 4 heteroatoms. The monoisotopic (exact) mass is 254 g/mol. The lowest BCUT2D eigenvalue weighted by Crippen LogP contribution is -1.95. The molecule has 2 aromatic rings. The first-order chi connectivity index (χ1) is 6.76. The molecule has 0 aliphatic carbocycles. The maximum atomic E-state index is 5.21. The van der Waals surface area contributed by atoms with Crippen LogP contribution in [0.1, 0.15) is 6.92 Å².